The largest absolute Gasteiger partial charge is 0.492 e. The van der Waals surface area contributed by atoms with Crippen LogP contribution in [0.5, 0.6) is 5.75 Å². The predicted octanol–water partition coefficient (Wildman–Crippen LogP) is 1.11. The molecule has 1 fully saturated rings. The van der Waals surface area contributed by atoms with Gasteiger partial charge in [-0.2, -0.15) is 0 Å². The Morgan fingerprint density at radius 1 is 1.44 bits per heavy atom. The molecule has 1 unspecified atom stereocenters. The predicted molar refractivity (Wildman–Crippen MR) is 93.3 cm³/mol. The second-order valence-electron chi connectivity index (χ2n) is 6.02. The minimum atomic E-state index is -0.454. The summed E-state index contributed by atoms with van der Waals surface area (Å²) in [5.41, 5.74) is 2.07. The fourth-order valence-electron chi connectivity index (χ4n) is 2.74. The zero-order valence-corrected chi connectivity index (χ0v) is 14.4. The lowest BCUT2D eigenvalue weighted by Gasteiger charge is -2.31. The van der Waals surface area contributed by atoms with Crippen LogP contribution < -0.4 is 10.1 Å². The Morgan fingerprint density at radius 3 is 3.04 bits per heavy atom. The normalized spacial score (nSPS) is 18.0. The Hall–Kier alpha value is -2.38. The number of carbonyl (C=O) groups excluding carboxylic acids is 1. The molecule has 1 aliphatic rings. The van der Waals surface area contributed by atoms with Gasteiger partial charge < -0.3 is 19.8 Å². The lowest BCUT2D eigenvalue weighted by Crippen LogP contribution is -2.50. The number of amides is 1. The third kappa shape index (κ3) is 5.04. The van der Waals surface area contributed by atoms with Gasteiger partial charge in [-0.3, -0.25) is 9.69 Å². The molecule has 0 radical (unpaired) electrons. The van der Waals surface area contributed by atoms with E-state index in [9.17, 15) is 4.79 Å². The molecule has 1 aromatic heterocycles. The molecule has 2 aromatic rings. The molecule has 0 bridgehead atoms. The Kier molecular flexibility index (Phi) is 6.03. The molecule has 1 amide bonds. The minimum absolute atomic E-state index is 0.0971. The van der Waals surface area contributed by atoms with E-state index in [0.717, 1.165) is 30.2 Å². The number of imidazole rings is 1. The Bertz CT molecular complexity index is 674. The monoisotopic (exact) mass is 344 g/mol. The van der Waals surface area contributed by atoms with Crippen LogP contribution in [0, 0.1) is 6.92 Å². The molecule has 1 atom stereocenters. The van der Waals surface area contributed by atoms with Crippen LogP contribution in [-0.2, 0) is 16.1 Å². The van der Waals surface area contributed by atoms with Crippen molar-refractivity contribution in [1.29, 1.82) is 0 Å². The van der Waals surface area contributed by atoms with Crippen LogP contribution in [0.15, 0.2) is 36.7 Å². The van der Waals surface area contributed by atoms with E-state index in [1.807, 2.05) is 37.3 Å². The molecular formula is C18H24N4O3. The summed E-state index contributed by atoms with van der Waals surface area (Å²) in [4.78, 5) is 21.9. The molecule has 2 heterocycles. The third-order valence-electron chi connectivity index (χ3n) is 4.16. The van der Waals surface area contributed by atoms with E-state index in [-0.39, 0.29) is 5.91 Å². The highest BCUT2D eigenvalue weighted by atomic mass is 16.5. The molecule has 1 aliphatic heterocycles. The maximum Gasteiger partial charge on any atom is 0.250 e. The Labute approximate surface area is 147 Å². The number of aromatic amines is 1. The van der Waals surface area contributed by atoms with Gasteiger partial charge in [-0.25, -0.2) is 4.98 Å². The van der Waals surface area contributed by atoms with Crippen LogP contribution in [0.3, 0.4) is 0 Å². The maximum atomic E-state index is 12.3. The van der Waals surface area contributed by atoms with Crippen LogP contribution >= 0.6 is 0 Å². The first-order valence-electron chi connectivity index (χ1n) is 8.51. The number of hydrogen-bond acceptors (Lipinski definition) is 5. The SMILES string of the molecule is Cc1[nH]cnc1CN1CCOC(C(=O)NCCOc2ccccc2)C1. The molecule has 3 rings (SSSR count). The number of carbonyl (C=O) groups is 1. The Balaban J connectivity index is 1.40. The first-order valence-corrected chi connectivity index (χ1v) is 8.51. The number of aromatic nitrogens is 2. The zero-order valence-electron chi connectivity index (χ0n) is 14.4. The highest BCUT2D eigenvalue weighted by molar-refractivity contribution is 5.81. The molecule has 1 saturated heterocycles. The van der Waals surface area contributed by atoms with E-state index in [1.54, 1.807) is 6.33 Å². The van der Waals surface area contributed by atoms with E-state index in [0.29, 0.717) is 26.3 Å². The first-order chi connectivity index (χ1) is 12.2. The van der Waals surface area contributed by atoms with Crippen LogP contribution in [-0.4, -0.2) is 59.7 Å². The lowest BCUT2D eigenvalue weighted by atomic mass is 10.2. The number of H-pyrrole nitrogens is 1. The number of benzene rings is 1. The van der Waals surface area contributed by atoms with Crippen LogP contribution in [0.1, 0.15) is 11.4 Å². The number of ether oxygens (including phenoxy) is 2. The molecule has 25 heavy (non-hydrogen) atoms. The molecule has 134 valence electrons. The van der Waals surface area contributed by atoms with Gasteiger partial charge in [0.2, 0.25) is 0 Å². The number of para-hydroxylation sites is 1. The standard InChI is InChI=1S/C18H24N4O3/c1-14-16(21-13-20-14)11-22-8-10-25-17(12-22)18(23)19-7-9-24-15-5-3-2-4-6-15/h2-6,13,17H,7-12H2,1H3,(H,19,23)(H,20,21). The summed E-state index contributed by atoms with van der Waals surface area (Å²) in [6, 6.07) is 9.55. The number of morpholine rings is 1. The van der Waals surface area contributed by atoms with Crippen molar-refractivity contribution in [1.82, 2.24) is 20.2 Å². The van der Waals surface area contributed by atoms with Crippen molar-refractivity contribution in [3.63, 3.8) is 0 Å². The lowest BCUT2D eigenvalue weighted by molar-refractivity contribution is -0.138. The van der Waals surface area contributed by atoms with Crippen molar-refractivity contribution in [3.05, 3.63) is 48.0 Å². The van der Waals surface area contributed by atoms with Crippen molar-refractivity contribution >= 4 is 5.91 Å². The molecule has 0 spiro atoms. The van der Waals surface area contributed by atoms with E-state index in [1.165, 1.54) is 0 Å². The Morgan fingerprint density at radius 2 is 2.28 bits per heavy atom. The smallest absolute Gasteiger partial charge is 0.250 e. The average molecular weight is 344 g/mol. The number of nitrogens with zero attached hydrogens (tertiary/aromatic N) is 2. The average Bonchev–Trinajstić information content (AvgIpc) is 3.04. The molecule has 2 N–H and O–H groups in total. The summed E-state index contributed by atoms with van der Waals surface area (Å²) >= 11 is 0. The van der Waals surface area contributed by atoms with Gasteiger partial charge in [-0.1, -0.05) is 18.2 Å². The molecule has 7 heteroatoms. The van der Waals surface area contributed by atoms with Gasteiger partial charge in [0, 0.05) is 25.3 Å². The van der Waals surface area contributed by atoms with Crippen molar-refractivity contribution in [2.45, 2.75) is 19.6 Å². The van der Waals surface area contributed by atoms with Crippen LogP contribution in [0.25, 0.3) is 0 Å². The van der Waals surface area contributed by atoms with Gasteiger partial charge in [0.25, 0.3) is 5.91 Å². The number of nitrogens with one attached hydrogen (secondary N) is 2. The maximum absolute atomic E-state index is 12.3. The van der Waals surface area contributed by atoms with Gasteiger partial charge in [0.15, 0.2) is 0 Å². The summed E-state index contributed by atoms with van der Waals surface area (Å²) in [5.74, 6) is 0.700. The van der Waals surface area contributed by atoms with Gasteiger partial charge in [-0.15, -0.1) is 0 Å². The van der Waals surface area contributed by atoms with Gasteiger partial charge >= 0.3 is 0 Å². The summed E-state index contributed by atoms with van der Waals surface area (Å²) in [6.07, 6.45) is 1.24. The van der Waals surface area contributed by atoms with Gasteiger partial charge in [0.05, 0.1) is 25.2 Å². The highest BCUT2D eigenvalue weighted by Crippen LogP contribution is 2.11. The number of rotatable bonds is 7. The van der Waals surface area contributed by atoms with Crippen molar-refractivity contribution in [3.8, 4) is 5.75 Å². The molecule has 0 aliphatic carbocycles. The van der Waals surface area contributed by atoms with Gasteiger partial charge in [0.1, 0.15) is 18.5 Å². The topological polar surface area (TPSA) is 79.5 Å². The van der Waals surface area contributed by atoms with Crippen molar-refractivity contribution in [2.24, 2.45) is 0 Å². The number of hydrogen-bond donors (Lipinski definition) is 2. The zero-order chi connectivity index (χ0) is 17.5. The van der Waals surface area contributed by atoms with E-state index >= 15 is 0 Å². The summed E-state index contributed by atoms with van der Waals surface area (Å²) in [6.45, 7) is 5.51. The van der Waals surface area contributed by atoms with Crippen LogP contribution in [0.2, 0.25) is 0 Å². The molecule has 0 saturated carbocycles. The molecule has 1 aromatic carbocycles. The second kappa shape index (κ2) is 8.64. The quantitative estimate of drug-likeness (QED) is 0.736. The van der Waals surface area contributed by atoms with Gasteiger partial charge in [-0.05, 0) is 19.1 Å². The minimum Gasteiger partial charge on any atom is -0.492 e. The summed E-state index contributed by atoms with van der Waals surface area (Å²) in [7, 11) is 0. The van der Waals surface area contributed by atoms with Crippen molar-refractivity contribution in [2.75, 3.05) is 32.8 Å². The van der Waals surface area contributed by atoms with E-state index in [4.69, 9.17) is 9.47 Å². The first kappa shape index (κ1) is 17.4. The summed E-state index contributed by atoms with van der Waals surface area (Å²) < 4.78 is 11.2. The second-order valence-corrected chi connectivity index (χ2v) is 6.02. The third-order valence-corrected chi connectivity index (χ3v) is 4.16. The fourth-order valence-corrected chi connectivity index (χ4v) is 2.74. The van der Waals surface area contributed by atoms with Crippen molar-refractivity contribution < 1.29 is 14.3 Å². The highest BCUT2D eigenvalue weighted by Gasteiger charge is 2.27. The molecule has 7 nitrogen and oxygen atoms in total. The molecular weight excluding hydrogens is 320 g/mol. The number of aryl methyl sites for hydroxylation is 1. The van der Waals surface area contributed by atoms with E-state index in [2.05, 4.69) is 20.2 Å². The summed E-state index contributed by atoms with van der Waals surface area (Å²) in [5, 5.41) is 2.88. The van der Waals surface area contributed by atoms with E-state index < -0.39 is 6.10 Å². The fraction of sp³-hybridized carbons (Fsp3) is 0.444. The van der Waals surface area contributed by atoms with Crippen LogP contribution in [0.4, 0.5) is 0 Å².